The highest BCUT2D eigenvalue weighted by Gasteiger charge is 2.37. The third-order valence-electron chi connectivity index (χ3n) is 4.84. The molecule has 3 rings (SSSR count). The highest BCUT2D eigenvalue weighted by molar-refractivity contribution is 6.01. The van der Waals surface area contributed by atoms with E-state index in [1.54, 1.807) is 0 Å². The smallest absolute Gasteiger partial charge is 0.229 e. The molecule has 3 aliphatic rings. The van der Waals surface area contributed by atoms with E-state index in [9.17, 15) is 14.4 Å². The van der Waals surface area contributed by atoms with Gasteiger partial charge in [-0.25, -0.2) is 0 Å². The van der Waals surface area contributed by atoms with E-state index in [-0.39, 0.29) is 23.6 Å². The van der Waals surface area contributed by atoms with Crippen LogP contribution in [0.5, 0.6) is 0 Å². The van der Waals surface area contributed by atoms with Crippen LogP contribution in [0.1, 0.15) is 44.9 Å². The van der Waals surface area contributed by atoms with Crippen LogP contribution in [0.25, 0.3) is 0 Å². The Hall–Kier alpha value is -1.39. The van der Waals surface area contributed by atoms with E-state index in [2.05, 4.69) is 0 Å². The Balaban J connectivity index is 1.41. The molecular formula is C15H22N2O3. The van der Waals surface area contributed by atoms with Gasteiger partial charge < -0.3 is 4.90 Å². The molecule has 0 unspecified atom stereocenters. The van der Waals surface area contributed by atoms with Gasteiger partial charge >= 0.3 is 0 Å². The van der Waals surface area contributed by atoms with Crippen molar-refractivity contribution in [2.45, 2.75) is 44.9 Å². The SMILES string of the molecule is O=C(CC1CCCC1)N1CC(CN2C(=O)CCC2=O)C1. The number of hydrogen-bond acceptors (Lipinski definition) is 3. The Bertz CT molecular complexity index is 407. The van der Waals surface area contributed by atoms with Gasteiger partial charge in [-0.2, -0.15) is 0 Å². The number of likely N-dealkylation sites (tertiary alicyclic amines) is 2. The zero-order valence-electron chi connectivity index (χ0n) is 11.8. The van der Waals surface area contributed by atoms with Gasteiger partial charge in [-0.15, -0.1) is 0 Å². The average molecular weight is 278 g/mol. The van der Waals surface area contributed by atoms with Crippen LogP contribution in [0.2, 0.25) is 0 Å². The Morgan fingerprint density at radius 1 is 1.00 bits per heavy atom. The molecule has 0 radical (unpaired) electrons. The number of imide groups is 1. The molecule has 2 heterocycles. The molecule has 1 saturated carbocycles. The second-order valence-corrected chi connectivity index (χ2v) is 6.42. The molecule has 0 aromatic carbocycles. The number of carbonyl (C=O) groups is 3. The molecule has 0 spiro atoms. The summed E-state index contributed by atoms with van der Waals surface area (Å²) in [4.78, 5) is 38.4. The molecule has 3 amide bonds. The fourth-order valence-electron chi connectivity index (χ4n) is 3.56. The van der Waals surface area contributed by atoms with Crippen LogP contribution in [-0.2, 0) is 14.4 Å². The Morgan fingerprint density at radius 3 is 2.20 bits per heavy atom. The molecule has 2 saturated heterocycles. The molecule has 1 aliphatic carbocycles. The summed E-state index contributed by atoms with van der Waals surface area (Å²) >= 11 is 0. The molecule has 0 aromatic heterocycles. The molecular weight excluding hydrogens is 256 g/mol. The largest absolute Gasteiger partial charge is 0.342 e. The molecule has 2 aliphatic heterocycles. The van der Waals surface area contributed by atoms with Gasteiger partial charge in [0.25, 0.3) is 0 Å². The molecule has 5 nitrogen and oxygen atoms in total. The van der Waals surface area contributed by atoms with Gasteiger partial charge in [0, 0.05) is 44.8 Å². The summed E-state index contributed by atoms with van der Waals surface area (Å²) in [5.41, 5.74) is 0. The third-order valence-corrected chi connectivity index (χ3v) is 4.84. The van der Waals surface area contributed by atoms with Gasteiger partial charge in [0.15, 0.2) is 0 Å². The minimum Gasteiger partial charge on any atom is -0.342 e. The average Bonchev–Trinajstić information content (AvgIpc) is 2.96. The van der Waals surface area contributed by atoms with Crippen molar-refractivity contribution >= 4 is 17.7 Å². The lowest BCUT2D eigenvalue weighted by Crippen LogP contribution is -2.54. The predicted molar refractivity (Wildman–Crippen MR) is 72.6 cm³/mol. The van der Waals surface area contributed by atoms with Gasteiger partial charge in [-0.3, -0.25) is 19.3 Å². The summed E-state index contributed by atoms with van der Waals surface area (Å²) in [7, 11) is 0. The zero-order valence-corrected chi connectivity index (χ0v) is 11.8. The van der Waals surface area contributed by atoms with Crippen molar-refractivity contribution in [2.24, 2.45) is 11.8 Å². The van der Waals surface area contributed by atoms with Gasteiger partial charge in [0.05, 0.1) is 0 Å². The Labute approximate surface area is 119 Å². The van der Waals surface area contributed by atoms with Crippen molar-refractivity contribution in [1.29, 1.82) is 0 Å². The summed E-state index contributed by atoms with van der Waals surface area (Å²) in [6.45, 7) is 1.93. The van der Waals surface area contributed by atoms with E-state index >= 15 is 0 Å². The molecule has 0 bridgehead atoms. The highest BCUT2D eigenvalue weighted by atomic mass is 16.2. The number of hydrogen-bond donors (Lipinski definition) is 0. The fourth-order valence-corrected chi connectivity index (χ4v) is 3.56. The maximum atomic E-state index is 12.1. The number of nitrogens with zero attached hydrogens (tertiary/aromatic N) is 2. The first-order valence-electron chi connectivity index (χ1n) is 7.74. The van der Waals surface area contributed by atoms with Crippen LogP contribution in [0.4, 0.5) is 0 Å². The first-order valence-corrected chi connectivity index (χ1v) is 7.74. The van der Waals surface area contributed by atoms with Gasteiger partial charge in [-0.1, -0.05) is 12.8 Å². The molecule has 0 atom stereocenters. The van der Waals surface area contributed by atoms with Crippen LogP contribution >= 0.6 is 0 Å². The standard InChI is InChI=1S/C15H22N2O3/c18-13-5-6-14(19)17(13)10-12-8-16(9-12)15(20)7-11-3-1-2-4-11/h11-12H,1-10H2. The van der Waals surface area contributed by atoms with E-state index in [0.29, 0.717) is 44.8 Å². The van der Waals surface area contributed by atoms with Gasteiger partial charge in [-0.05, 0) is 18.8 Å². The zero-order chi connectivity index (χ0) is 14.1. The van der Waals surface area contributed by atoms with Crippen LogP contribution in [-0.4, -0.2) is 47.2 Å². The van der Waals surface area contributed by atoms with Crippen LogP contribution in [0, 0.1) is 11.8 Å². The molecule has 5 heteroatoms. The topological polar surface area (TPSA) is 57.7 Å². The van der Waals surface area contributed by atoms with Crippen molar-refractivity contribution in [3.63, 3.8) is 0 Å². The summed E-state index contributed by atoms with van der Waals surface area (Å²) in [5, 5.41) is 0. The second kappa shape index (κ2) is 5.54. The number of rotatable bonds is 4. The molecule has 110 valence electrons. The summed E-state index contributed by atoms with van der Waals surface area (Å²) < 4.78 is 0. The maximum Gasteiger partial charge on any atom is 0.229 e. The second-order valence-electron chi connectivity index (χ2n) is 6.42. The molecule has 0 N–H and O–H groups in total. The monoisotopic (exact) mass is 278 g/mol. The fraction of sp³-hybridized carbons (Fsp3) is 0.800. The van der Waals surface area contributed by atoms with E-state index < -0.39 is 0 Å². The minimum absolute atomic E-state index is 0.0502. The van der Waals surface area contributed by atoms with Gasteiger partial charge in [0.1, 0.15) is 0 Å². The normalized spacial score (nSPS) is 24.6. The Morgan fingerprint density at radius 2 is 1.60 bits per heavy atom. The summed E-state index contributed by atoms with van der Waals surface area (Å²) in [6, 6.07) is 0. The van der Waals surface area contributed by atoms with E-state index in [1.807, 2.05) is 4.90 Å². The third kappa shape index (κ3) is 2.72. The lowest BCUT2D eigenvalue weighted by atomic mass is 9.96. The quantitative estimate of drug-likeness (QED) is 0.725. The first-order chi connectivity index (χ1) is 9.63. The van der Waals surface area contributed by atoms with Crippen molar-refractivity contribution in [2.75, 3.05) is 19.6 Å². The predicted octanol–water partition coefficient (Wildman–Crippen LogP) is 1.17. The summed E-state index contributed by atoms with van der Waals surface area (Å²) in [5.74, 6) is 1.03. The van der Waals surface area contributed by atoms with Crippen LogP contribution in [0.15, 0.2) is 0 Å². The molecule has 0 aromatic rings. The first kappa shape index (κ1) is 13.6. The minimum atomic E-state index is -0.0502. The van der Waals surface area contributed by atoms with Crippen molar-refractivity contribution in [3.8, 4) is 0 Å². The van der Waals surface area contributed by atoms with Crippen molar-refractivity contribution in [1.82, 2.24) is 9.80 Å². The van der Waals surface area contributed by atoms with E-state index in [4.69, 9.17) is 0 Å². The van der Waals surface area contributed by atoms with Crippen LogP contribution in [0.3, 0.4) is 0 Å². The molecule has 3 fully saturated rings. The lowest BCUT2D eigenvalue weighted by Gasteiger charge is -2.41. The van der Waals surface area contributed by atoms with E-state index in [0.717, 1.165) is 0 Å². The highest BCUT2D eigenvalue weighted by Crippen LogP contribution is 2.29. The summed E-state index contributed by atoms with van der Waals surface area (Å²) in [6.07, 6.45) is 6.32. The van der Waals surface area contributed by atoms with Crippen LogP contribution < -0.4 is 0 Å². The Kier molecular flexibility index (Phi) is 3.76. The number of amides is 3. The van der Waals surface area contributed by atoms with E-state index in [1.165, 1.54) is 30.6 Å². The van der Waals surface area contributed by atoms with Gasteiger partial charge in [0.2, 0.25) is 17.7 Å². The molecule has 20 heavy (non-hydrogen) atoms. The number of carbonyl (C=O) groups excluding carboxylic acids is 3. The van der Waals surface area contributed by atoms with Crippen molar-refractivity contribution < 1.29 is 14.4 Å². The maximum absolute atomic E-state index is 12.1. The lowest BCUT2D eigenvalue weighted by molar-refractivity contribution is -0.143. The van der Waals surface area contributed by atoms with Crippen molar-refractivity contribution in [3.05, 3.63) is 0 Å².